The summed E-state index contributed by atoms with van der Waals surface area (Å²) in [5.41, 5.74) is -0.00288. The lowest BCUT2D eigenvalue weighted by Gasteiger charge is -2.40. The summed E-state index contributed by atoms with van der Waals surface area (Å²) >= 11 is 1.75. The quantitative estimate of drug-likeness (QED) is 0.578. The molecule has 148 valence electrons. The van der Waals surface area contributed by atoms with E-state index in [-0.39, 0.29) is 23.8 Å². The van der Waals surface area contributed by atoms with Gasteiger partial charge in [0.1, 0.15) is 6.54 Å². The number of hydrogen-bond acceptors (Lipinski definition) is 4. The third-order valence-corrected chi connectivity index (χ3v) is 6.19. The molecule has 0 aromatic carbocycles. The highest BCUT2D eigenvalue weighted by Crippen LogP contribution is 2.36. The maximum Gasteiger partial charge on any atom is 0.243 e. The fourth-order valence-electron chi connectivity index (χ4n) is 3.73. The van der Waals surface area contributed by atoms with Gasteiger partial charge in [-0.1, -0.05) is 6.07 Å². The van der Waals surface area contributed by atoms with E-state index >= 15 is 0 Å². The number of carbonyl (C=O) groups excluding carboxylic acids is 2. The van der Waals surface area contributed by atoms with Gasteiger partial charge in [0.25, 0.3) is 0 Å². The zero-order valence-corrected chi connectivity index (χ0v) is 17.0. The molecule has 3 rings (SSSR count). The van der Waals surface area contributed by atoms with E-state index in [1.54, 1.807) is 30.3 Å². The van der Waals surface area contributed by atoms with Crippen molar-refractivity contribution in [2.24, 2.45) is 10.4 Å². The molecular formula is C19H29N5O2S. The number of thiophene rings is 1. The summed E-state index contributed by atoms with van der Waals surface area (Å²) < 4.78 is 0. The Balaban J connectivity index is 1.66. The van der Waals surface area contributed by atoms with Gasteiger partial charge in [-0.05, 0) is 30.7 Å². The van der Waals surface area contributed by atoms with Crippen LogP contribution in [0.15, 0.2) is 22.5 Å². The van der Waals surface area contributed by atoms with Crippen LogP contribution in [0.5, 0.6) is 0 Å². The van der Waals surface area contributed by atoms with Crippen LogP contribution < -0.4 is 10.6 Å². The Bertz CT molecular complexity index is 688. The molecule has 0 saturated carbocycles. The van der Waals surface area contributed by atoms with E-state index in [0.717, 1.165) is 51.4 Å². The summed E-state index contributed by atoms with van der Waals surface area (Å²) in [5, 5.41) is 8.51. The smallest absolute Gasteiger partial charge is 0.243 e. The average molecular weight is 392 g/mol. The van der Waals surface area contributed by atoms with Crippen LogP contribution in [0.2, 0.25) is 0 Å². The highest BCUT2D eigenvalue weighted by atomic mass is 32.1. The van der Waals surface area contributed by atoms with Gasteiger partial charge in [-0.2, -0.15) is 0 Å². The van der Waals surface area contributed by atoms with Crippen LogP contribution in [0.4, 0.5) is 0 Å². The first-order valence-corrected chi connectivity index (χ1v) is 10.4. The van der Waals surface area contributed by atoms with Gasteiger partial charge in [0.2, 0.25) is 11.8 Å². The Labute approximate surface area is 164 Å². The molecule has 1 unspecified atom stereocenters. The monoisotopic (exact) mass is 391 g/mol. The van der Waals surface area contributed by atoms with Gasteiger partial charge < -0.3 is 20.4 Å². The number of rotatable bonds is 5. The molecular weight excluding hydrogens is 362 g/mol. The molecule has 2 fully saturated rings. The largest absolute Gasteiger partial charge is 0.356 e. The Kier molecular flexibility index (Phi) is 6.36. The van der Waals surface area contributed by atoms with Gasteiger partial charge in [0.05, 0.1) is 0 Å². The van der Waals surface area contributed by atoms with Gasteiger partial charge >= 0.3 is 0 Å². The lowest BCUT2D eigenvalue weighted by molar-refractivity contribution is -0.127. The molecule has 2 aliphatic rings. The fraction of sp³-hybridized carbons (Fsp3) is 0.632. The molecule has 8 heteroatoms. The second-order valence-electron chi connectivity index (χ2n) is 7.66. The van der Waals surface area contributed by atoms with Crippen LogP contribution in [0.3, 0.4) is 0 Å². The summed E-state index contributed by atoms with van der Waals surface area (Å²) in [4.78, 5) is 33.5. The molecule has 7 nitrogen and oxygen atoms in total. The van der Waals surface area contributed by atoms with E-state index in [4.69, 9.17) is 0 Å². The van der Waals surface area contributed by atoms with E-state index in [9.17, 15) is 9.59 Å². The first-order chi connectivity index (χ1) is 13.0. The third-order valence-electron chi connectivity index (χ3n) is 5.25. The van der Waals surface area contributed by atoms with Crippen LogP contribution in [0, 0.1) is 5.41 Å². The molecule has 0 aliphatic carbocycles. The van der Waals surface area contributed by atoms with E-state index < -0.39 is 0 Å². The second-order valence-corrected chi connectivity index (χ2v) is 8.70. The third kappa shape index (κ3) is 5.22. The van der Waals surface area contributed by atoms with Gasteiger partial charge in [-0.3, -0.25) is 9.59 Å². The summed E-state index contributed by atoms with van der Waals surface area (Å²) in [6.07, 6.45) is 3.60. The highest BCUT2D eigenvalue weighted by molar-refractivity contribution is 7.09. The fourth-order valence-corrected chi connectivity index (χ4v) is 4.44. The number of hydrogen-bond donors (Lipinski definition) is 2. The minimum atomic E-state index is -0.0167. The second kappa shape index (κ2) is 8.73. The lowest BCUT2D eigenvalue weighted by Crippen LogP contribution is -2.51. The van der Waals surface area contributed by atoms with Gasteiger partial charge in [-0.15, -0.1) is 11.3 Å². The number of amides is 2. The number of piperidine rings is 1. The Morgan fingerprint density at radius 2 is 2.33 bits per heavy atom. The maximum absolute atomic E-state index is 12.0. The average Bonchev–Trinajstić information content (AvgIpc) is 3.27. The number of likely N-dealkylation sites (tertiary alicyclic amines) is 1. The van der Waals surface area contributed by atoms with Crippen molar-refractivity contribution in [3.05, 3.63) is 22.4 Å². The molecule has 1 atom stereocenters. The van der Waals surface area contributed by atoms with Crippen molar-refractivity contribution >= 4 is 29.1 Å². The van der Waals surface area contributed by atoms with Gasteiger partial charge in [-0.25, -0.2) is 4.99 Å². The number of nitrogens with zero attached hydrogens (tertiary/aromatic N) is 3. The van der Waals surface area contributed by atoms with Gasteiger partial charge in [0.15, 0.2) is 5.96 Å². The minimum Gasteiger partial charge on any atom is -0.356 e. The summed E-state index contributed by atoms with van der Waals surface area (Å²) in [5.74, 6) is 0.904. The van der Waals surface area contributed by atoms with Crippen LogP contribution in [-0.4, -0.2) is 74.4 Å². The molecule has 2 aliphatic heterocycles. The number of carbonyl (C=O) groups is 2. The summed E-state index contributed by atoms with van der Waals surface area (Å²) in [6.45, 7) is 3.34. The summed E-state index contributed by atoms with van der Waals surface area (Å²) in [7, 11) is 3.49. The zero-order valence-electron chi connectivity index (χ0n) is 16.2. The van der Waals surface area contributed by atoms with Crippen molar-refractivity contribution in [2.45, 2.75) is 25.7 Å². The van der Waals surface area contributed by atoms with E-state index in [1.807, 2.05) is 0 Å². The van der Waals surface area contributed by atoms with Crippen molar-refractivity contribution in [1.82, 2.24) is 20.4 Å². The standard InChI is InChI=1S/C19H29N5O2S/c1-23(2)17(26)12-21-18(20-8-6-15-5-3-10-27-15)24-9-4-7-19(14-24)11-16(25)22-13-19/h3,5,10H,4,6-9,11-14H2,1-2H3,(H,20,21)(H,22,25). The molecule has 2 N–H and O–H groups in total. The van der Waals surface area contributed by atoms with Crippen molar-refractivity contribution in [3.8, 4) is 0 Å². The van der Waals surface area contributed by atoms with E-state index in [0.29, 0.717) is 6.42 Å². The van der Waals surface area contributed by atoms with Crippen molar-refractivity contribution in [3.63, 3.8) is 0 Å². The minimum absolute atomic E-state index is 0.00288. The number of aliphatic imine (C=N–C) groups is 1. The Hall–Kier alpha value is -2.09. The maximum atomic E-state index is 12.0. The molecule has 3 heterocycles. The molecule has 2 amide bonds. The molecule has 0 radical (unpaired) electrons. The van der Waals surface area contributed by atoms with E-state index in [1.165, 1.54) is 4.88 Å². The van der Waals surface area contributed by atoms with Gasteiger partial charge in [0, 0.05) is 57.0 Å². The van der Waals surface area contributed by atoms with Crippen molar-refractivity contribution < 1.29 is 9.59 Å². The topological polar surface area (TPSA) is 77.0 Å². The van der Waals surface area contributed by atoms with Crippen molar-refractivity contribution in [2.75, 3.05) is 46.8 Å². The highest BCUT2D eigenvalue weighted by Gasteiger charge is 2.42. The van der Waals surface area contributed by atoms with E-state index in [2.05, 4.69) is 38.0 Å². The molecule has 27 heavy (non-hydrogen) atoms. The molecule has 2 saturated heterocycles. The number of guanidine groups is 1. The first kappa shape index (κ1) is 19.7. The first-order valence-electron chi connectivity index (χ1n) is 9.50. The molecule has 1 spiro atoms. The molecule has 1 aromatic heterocycles. The summed E-state index contributed by atoms with van der Waals surface area (Å²) in [6, 6.07) is 4.19. The lowest BCUT2D eigenvalue weighted by atomic mass is 9.79. The normalized spacial score (nSPS) is 22.8. The Morgan fingerprint density at radius 3 is 3.00 bits per heavy atom. The molecule has 0 bridgehead atoms. The Morgan fingerprint density at radius 1 is 1.48 bits per heavy atom. The van der Waals surface area contributed by atoms with Crippen LogP contribution in [0.1, 0.15) is 24.1 Å². The van der Waals surface area contributed by atoms with Crippen molar-refractivity contribution in [1.29, 1.82) is 0 Å². The SMILES string of the molecule is CN(C)C(=O)CN=C(NCCc1cccs1)N1CCCC2(CNC(=O)C2)C1. The zero-order chi connectivity index (χ0) is 19.3. The molecule has 1 aromatic rings. The van der Waals surface area contributed by atoms with Crippen LogP contribution in [0.25, 0.3) is 0 Å². The number of nitrogens with one attached hydrogen (secondary N) is 2. The van der Waals surface area contributed by atoms with Crippen LogP contribution in [-0.2, 0) is 16.0 Å². The predicted molar refractivity (Wildman–Crippen MR) is 108 cm³/mol. The predicted octanol–water partition coefficient (Wildman–Crippen LogP) is 0.927. The number of likely N-dealkylation sites (N-methyl/N-ethyl adjacent to an activating group) is 1. The van der Waals surface area contributed by atoms with Crippen LogP contribution >= 0.6 is 11.3 Å².